The highest BCUT2D eigenvalue weighted by Crippen LogP contribution is 2.24. The van der Waals surface area contributed by atoms with E-state index in [1.165, 1.54) is 69.8 Å². The van der Waals surface area contributed by atoms with Crippen molar-refractivity contribution in [3.8, 4) is 11.5 Å². The molecular formula is C24H42O2. The third-order valence-electron chi connectivity index (χ3n) is 4.88. The van der Waals surface area contributed by atoms with Gasteiger partial charge in [0.2, 0.25) is 0 Å². The molecule has 0 bridgehead atoms. The summed E-state index contributed by atoms with van der Waals surface area (Å²) in [5.41, 5.74) is 1.29. The average molecular weight is 363 g/mol. The summed E-state index contributed by atoms with van der Waals surface area (Å²) in [6, 6.07) is 6.39. The van der Waals surface area contributed by atoms with Crippen molar-refractivity contribution in [1.82, 2.24) is 0 Å². The van der Waals surface area contributed by atoms with Crippen LogP contribution < -0.4 is 9.47 Å². The fourth-order valence-electron chi connectivity index (χ4n) is 3.15. The molecule has 0 saturated heterocycles. The van der Waals surface area contributed by atoms with Gasteiger partial charge in [0, 0.05) is 6.07 Å². The third kappa shape index (κ3) is 11.4. The van der Waals surface area contributed by atoms with E-state index in [0.29, 0.717) is 0 Å². The van der Waals surface area contributed by atoms with Crippen molar-refractivity contribution < 1.29 is 9.47 Å². The van der Waals surface area contributed by atoms with Gasteiger partial charge < -0.3 is 9.47 Å². The summed E-state index contributed by atoms with van der Waals surface area (Å²) in [4.78, 5) is 0. The molecule has 0 amide bonds. The predicted molar refractivity (Wildman–Crippen MR) is 114 cm³/mol. The fraction of sp³-hybridized carbons (Fsp3) is 0.750. The third-order valence-corrected chi connectivity index (χ3v) is 4.88. The van der Waals surface area contributed by atoms with Gasteiger partial charge in [-0.3, -0.25) is 0 Å². The normalized spacial score (nSPS) is 10.9. The zero-order chi connectivity index (χ0) is 18.9. The van der Waals surface area contributed by atoms with Crippen molar-refractivity contribution in [2.75, 3.05) is 13.2 Å². The lowest BCUT2D eigenvalue weighted by Gasteiger charge is -2.12. The lowest BCUT2D eigenvalue weighted by molar-refractivity contribution is 0.289. The SMILES string of the molecule is CCCCCCCCOc1cc(CC)cc(OCCCCCCCC)c1. The van der Waals surface area contributed by atoms with Crippen LogP contribution in [0.2, 0.25) is 0 Å². The van der Waals surface area contributed by atoms with Crippen molar-refractivity contribution in [2.24, 2.45) is 0 Å². The maximum Gasteiger partial charge on any atom is 0.123 e. The molecule has 0 heterocycles. The minimum absolute atomic E-state index is 0.816. The molecule has 2 nitrogen and oxygen atoms in total. The molecule has 0 fully saturated rings. The fourth-order valence-corrected chi connectivity index (χ4v) is 3.15. The van der Waals surface area contributed by atoms with Crippen molar-refractivity contribution in [3.05, 3.63) is 23.8 Å². The van der Waals surface area contributed by atoms with Crippen molar-refractivity contribution in [3.63, 3.8) is 0 Å². The minimum atomic E-state index is 0.816. The summed E-state index contributed by atoms with van der Waals surface area (Å²) in [6.45, 7) is 8.34. The van der Waals surface area contributed by atoms with Gasteiger partial charge in [-0.1, -0.05) is 85.0 Å². The van der Waals surface area contributed by atoms with Gasteiger partial charge in [-0.2, -0.15) is 0 Å². The Hall–Kier alpha value is -1.18. The van der Waals surface area contributed by atoms with Crippen molar-refractivity contribution in [2.45, 2.75) is 104 Å². The number of aryl methyl sites for hydroxylation is 1. The lowest BCUT2D eigenvalue weighted by atomic mass is 10.1. The summed E-state index contributed by atoms with van der Waals surface area (Å²) >= 11 is 0. The Bertz CT molecular complexity index is 406. The second kappa shape index (κ2) is 16.0. The van der Waals surface area contributed by atoms with Crippen LogP contribution in [0.15, 0.2) is 18.2 Å². The summed E-state index contributed by atoms with van der Waals surface area (Å²) in [7, 11) is 0. The van der Waals surface area contributed by atoms with Gasteiger partial charge in [-0.05, 0) is 37.0 Å². The highest BCUT2D eigenvalue weighted by Gasteiger charge is 2.03. The molecule has 1 rings (SSSR count). The highest BCUT2D eigenvalue weighted by molar-refractivity contribution is 5.38. The van der Waals surface area contributed by atoms with Crippen LogP contribution in [0.3, 0.4) is 0 Å². The molecule has 0 unspecified atom stereocenters. The Balaban J connectivity index is 2.28. The van der Waals surface area contributed by atoms with E-state index in [4.69, 9.17) is 9.47 Å². The van der Waals surface area contributed by atoms with Gasteiger partial charge in [0.1, 0.15) is 11.5 Å². The van der Waals surface area contributed by atoms with E-state index in [1.54, 1.807) is 0 Å². The van der Waals surface area contributed by atoms with E-state index in [-0.39, 0.29) is 0 Å². The number of hydrogen-bond acceptors (Lipinski definition) is 2. The molecule has 1 aromatic carbocycles. The standard InChI is InChI=1S/C24H42O2/c1-4-7-9-11-13-15-17-25-23-19-22(6-3)20-24(21-23)26-18-16-14-12-10-8-5-2/h19-21H,4-18H2,1-3H3. The second-order valence-electron chi connectivity index (χ2n) is 7.40. The summed E-state index contributed by atoms with van der Waals surface area (Å²) < 4.78 is 12.0. The van der Waals surface area contributed by atoms with Crippen LogP contribution in [0.1, 0.15) is 103 Å². The van der Waals surface area contributed by atoms with Crippen LogP contribution in [-0.2, 0) is 6.42 Å². The van der Waals surface area contributed by atoms with Gasteiger partial charge in [0.05, 0.1) is 13.2 Å². The van der Waals surface area contributed by atoms with Crippen LogP contribution in [0.5, 0.6) is 11.5 Å². The first-order valence-corrected chi connectivity index (χ1v) is 11.2. The van der Waals surface area contributed by atoms with Gasteiger partial charge in [0.25, 0.3) is 0 Å². The largest absolute Gasteiger partial charge is 0.493 e. The molecule has 150 valence electrons. The van der Waals surface area contributed by atoms with Gasteiger partial charge in [-0.25, -0.2) is 0 Å². The number of rotatable bonds is 17. The van der Waals surface area contributed by atoms with Crippen LogP contribution in [0.25, 0.3) is 0 Å². The number of ether oxygens (including phenoxy) is 2. The maximum absolute atomic E-state index is 5.99. The molecule has 26 heavy (non-hydrogen) atoms. The smallest absolute Gasteiger partial charge is 0.123 e. The minimum Gasteiger partial charge on any atom is -0.493 e. The van der Waals surface area contributed by atoms with Crippen LogP contribution in [0.4, 0.5) is 0 Å². The average Bonchev–Trinajstić information content (AvgIpc) is 2.66. The summed E-state index contributed by atoms with van der Waals surface area (Å²) in [5.74, 6) is 1.94. The monoisotopic (exact) mass is 362 g/mol. The van der Waals surface area contributed by atoms with Gasteiger partial charge in [-0.15, -0.1) is 0 Å². The Kier molecular flexibility index (Phi) is 14.1. The first-order valence-electron chi connectivity index (χ1n) is 11.2. The molecule has 0 N–H and O–H groups in total. The molecule has 0 aromatic heterocycles. The van der Waals surface area contributed by atoms with E-state index in [1.807, 2.05) is 0 Å². The zero-order valence-corrected chi connectivity index (χ0v) is 17.7. The first kappa shape index (κ1) is 22.9. The molecule has 0 radical (unpaired) electrons. The topological polar surface area (TPSA) is 18.5 Å². The molecule has 0 aliphatic heterocycles. The van der Waals surface area contributed by atoms with Crippen LogP contribution >= 0.6 is 0 Å². The number of unbranched alkanes of at least 4 members (excludes halogenated alkanes) is 10. The van der Waals surface area contributed by atoms with Crippen molar-refractivity contribution in [1.29, 1.82) is 0 Å². The Morgan fingerprint density at radius 1 is 0.538 bits per heavy atom. The summed E-state index contributed by atoms with van der Waals surface area (Å²) in [5, 5.41) is 0. The number of hydrogen-bond donors (Lipinski definition) is 0. The maximum atomic E-state index is 5.99. The first-order chi connectivity index (χ1) is 12.8. The Morgan fingerprint density at radius 2 is 0.962 bits per heavy atom. The van der Waals surface area contributed by atoms with Crippen molar-refractivity contribution >= 4 is 0 Å². The molecule has 0 saturated carbocycles. The highest BCUT2D eigenvalue weighted by atomic mass is 16.5. The second-order valence-corrected chi connectivity index (χ2v) is 7.40. The summed E-state index contributed by atoms with van der Waals surface area (Å²) in [6.07, 6.45) is 16.6. The molecular weight excluding hydrogens is 320 g/mol. The predicted octanol–water partition coefficient (Wildman–Crippen LogP) is 7.73. The number of benzene rings is 1. The Labute approximate surface area is 162 Å². The van der Waals surface area contributed by atoms with Gasteiger partial charge in [0.15, 0.2) is 0 Å². The molecule has 0 spiro atoms. The lowest BCUT2D eigenvalue weighted by Crippen LogP contribution is -2.01. The molecule has 0 aliphatic carbocycles. The van der Waals surface area contributed by atoms with E-state index < -0.39 is 0 Å². The van der Waals surface area contributed by atoms with E-state index in [9.17, 15) is 0 Å². The molecule has 1 aromatic rings. The van der Waals surface area contributed by atoms with E-state index >= 15 is 0 Å². The molecule has 2 heteroatoms. The zero-order valence-electron chi connectivity index (χ0n) is 17.7. The van der Waals surface area contributed by atoms with E-state index in [2.05, 4.69) is 39.0 Å². The Morgan fingerprint density at radius 3 is 1.38 bits per heavy atom. The van der Waals surface area contributed by atoms with Gasteiger partial charge >= 0.3 is 0 Å². The molecule has 0 atom stereocenters. The quantitative estimate of drug-likeness (QED) is 0.264. The van der Waals surface area contributed by atoms with E-state index in [0.717, 1.165) is 44.0 Å². The van der Waals surface area contributed by atoms with Crippen LogP contribution in [-0.4, -0.2) is 13.2 Å². The molecule has 0 aliphatic rings. The van der Waals surface area contributed by atoms with Crippen LogP contribution in [0, 0.1) is 0 Å².